The first-order valence-corrected chi connectivity index (χ1v) is 5.48. The van der Waals surface area contributed by atoms with E-state index in [2.05, 4.69) is 11.0 Å². The largest absolute Gasteiger partial charge is 0.396 e. The van der Waals surface area contributed by atoms with Gasteiger partial charge in [-0.05, 0) is 37.1 Å². The van der Waals surface area contributed by atoms with Gasteiger partial charge in [0.2, 0.25) is 0 Å². The first-order valence-electron chi connectivity index (χ1n) is 5.48. The number of likely N-dealkylation sites (tertiary alicyclic amines) is 1. The minimum absolute atomic E-state index is 0.321. The molecule has 14 heavy (non-hydrogen) atoms. The molecule has 0 amide bonds. The first-order chi connectivity index (χ1) is 6.78. The predicted molar refractivity (Wildman–Crippen MR) is 53.5 cm³/mol. The van der Waals surface area contributed by atoms with E-state index in [0.717, 1.165) is 26.1 Å². The van der Waals surface area contributed by atoms with Crippen LogP contribution in [0.3, 0.4) is 0 Å². The Balaban J connectivity index is 1.79. The molecule has 0 aromatic carbocycles. The summed E-state index contributed by atoms with van der Waals surface area (Å²) in [6.45, 7) is 3.54. The van der Waals surface area contributed by atoms with Crippen LogP contribution in [-0.2, 0) is 0 Å². The van der Waals surface area contributed by atoms with Gasteiger partial charge in [0.05, 0.1) is 6.07 Å². The highest BCUT2D eigenvalue weighted by Crippen LogP contribution is 2.49. The number of aliphatic hydroxyl groups is 1. The summed E-state index contributed by atoms with van der Waals surface area (Å²) < 4.78 is 0. The molecular weight excluding hydrogens is 176 g/mol. The van der Waals surface area contributed by atoms with Crippen molar-refractivity contribution >= 4 is 0 Å². The van der Waals surface area contributed by atoms with Crippen LogP contribution in [0.1, 0.15) is 25.7 Å². The lowest BCUT2D eigenvalue weighted by atomic mass is 10.0. The fourth-order valence-corrected chi connectivity index (χ4v) is 2.42. The van der Waals surface area contributed by atoms with E-state index in [0.29, 0.717) is 24.4 Å². The molecule has 2 fully saturated rings. The van der Waals surface area contributed by atoms with Crippen LogP contribution in [0.2, 0.25) is 0 Å². The quantitative estimate of drug-likeness (QED) is 0.726. The van der Waals surface area contributed by atoms with Crippen LogP contribution in [0.25, 0.3) is 0 Å². The molecule has 2 rings (SSSR count). The zero-order valence-electron chi connectivity index (χ0n) is 8.58. The SMILES string of the molecule is N#CCC1(CN2CCC(CO)C2)CC1. The zero-order valence-corrected chi connectivity index (χ0v) is 8.58. The summed E-state index contributed by atoms with van der Waals surface area (Å²) in [6.07, 6.45) is 4.29. The number of hydrogen-bond acceptors (Lipinski definition) is 3. The number of nitriles is 1. The Morgan fingerprint density at radius 3 is 2.79 bits per heavy atom. The number of hydrogen-bond donors (Lipinski definition) is 1. The second kappa shape index (κ2) is 3.88. The fraction of sp³-hybridized carbons (Fsp3) is 0.909. The van der Waals surface area contributed by atoms with Crippen molar-refractivity contribution in [2.24, 2.45) is 11.3 Å². The maximum absolute atomic E-state index is 9.02. The highest BCUT2D eigenvalue weighted by molar-refractivity contribution is 5.01. The molecule has 0 aromatic rings. The molecule has 3 heteroatoms. The molecular formula is C11H18N2O. The van der Waals surface area contributed by atoms with Gasteiger partial charge in [-0.25, -0.2) is 0 Å². The second-order valence-corrected chi connectivity index (χ2v) is 4.91. The maximum Gasteiger partial charge on any atom is 0.0628 e. The van der Waals surface area contributed by atoms with Crippen molar-refractivity contribution in [2.45, 2.75) is 25.7 Å². The van der Waals surface area contributed by atoms with Crippen molar-refractivity contribution in [3.8, 4) is 6.07 Å². The third kappa shape index (κ3) is 2.08. The summed E-state index contributed by atoms with van der Waals surface area (Å²) in [5.74, 6) is 0.480. The van der Waals surface area contributed by atoms with Crippen molar-refractivity contribution in [3.63, 3.8) is 0 Å². The topological polar surface area (TPSA) is 47.3 Å². The van der Waals surface area contributed by atoms with Gasteiger partial charge in [-0.3, -0.25) is 0 Å². The van der Waals surface area contributed by atoms with Gasteiger partial charge in [0.1, 0.15) is 0 Å². The molecule has 0 bridgehead atoms. The highest BCUT2D eigenvalue weighted by atomic mass is 16.3. The summed E-state index contributed by atoms with van der Waals surface area (Å²) in [6, 6.07) is 2.29. The Labute approximate surface area is 85.3 Å². The molecule has 1 atom stereocenters. The van der Waals surface area contributed by atoms with Crippen LogP contribution in [0.15, 0.2) is 0 Å². The molecule has 0 radical (unpaired) electrons. The second-order valence-electron chi connectivity index (χ2n) is 4.91. The molecule has 0 aromatic heterocycles. The van der Waals surface area contributed by atoms with Crippen molar-refractivity contribution in [3.05, 3.63) is 0 Å². The van der Waals surface area contributed by atoms with Crippen LogP contribution in [-0.4, -0.2) is 36.2 Å². The fourth-order valence-electron chi connectivity index (χ4n) is 2.42. The van der Waals surface area contributed by atoms with E-state index in [4.69, 9.17) is 10.4 Å². The average Bonchev–Trinajstić information content (AvgIpc) is 2.78. The molecule has 1 saturated heterocycles. The summed E-state index contributed by atoms with van der Waals surface area (Å²) in [4.78, 5) is 2.42. The van der Waals surface area contributed by atoms with E-state index in [1.807, 2.05) is 0 Å². The third-order valence-corrected chi connectivity index (χ3v) is 3.60. The van der Waals surface area contributed by atoms with E-state index in [-0.39, 0.29) is 0 Å². The van der Waals surface area contributed by atoms with E-state index in [1.165, 1.54) is 12.8 Å². The lowest BCUT2D eigenvalue weighted by Gasteiger charge is -2.21. The van der Waals surface area contributed by atoms with Crippen LogP contribution < -0.4 is 0 Å². The Bertz CT molecular complexity index is 242. The summed E-state index contributed by atoms with van der Waals surface area (Å²) >= 11 is 0. The Kier molecular flexibility index (Phi) is 2.76. The Morgan fingerprint density at radius 1 is 1.50 bits per heavy atom. The predicted octanol–water partition coefficient (Wildman–Crippen LogP) is 0.994. The van der Waals surface area contributed by atoms with Gasteiger partial charge < -0.3 is 10.0 Å². The Morgan fingerprint density at radius 2 is 2.29 bits per heavy atom. The van der Waals surface area contributed by atoms with Gasteiger partial charge >= 0.3 is 0 Å². The number of rotatable bonds is 4. The van der Waals surface area contributed by atoms with Gasteiger partial charge in [-0.2, -0.15) is 5.26 Å². The minimum atomic E-state index is 0.321. The van der Waals surface area contributed by atoms with Gasteiger partial charge in [0.15, 0.2) is 0 Å². The molecule has 2 aliphatic rings. The van der Waals surface area contributed by atoms with E-state index < -0.39 is 0 Å². The molecule has 1 N–H and O–H groups in total. The lowest BCUT2D eigenvalue weighted by Crippen LogP contribution is -2.28. The first kappa shape index (κ1) is 9.95. The highest BCUT2D eigenvalue weighted by Gasteiger charge is 2.44. The van der Waals surface area contributed by atoms with E-state index in [1.54, 1.807) is 0 Å². The molecule has 0 spiro atoms. The monoisotopic (exact) mass is 194 g/mol. The molecule has 1 aliphatic heterocycles. The number of nitrogens with zero attached hydrogens (tertiary/aromatic N) is 2. The lowest BCUT2D eigenvalue weighted by molar-refractivity contribution is 0.209. The van der Waals surface area contributed by atoms with Gasteiger partial charge in [-0.15, -0.1) is 0 Å². The summed E-state index contributed by atoms with van der Waals surface area (Å²) in [5.41, 5.74) is 0.332. The summed E-state index contributed by atoms with van der Waals surface area (Å²) in [7, 11) is 0. The van der Waals surface area contributed by atoms with Gasteiger partial charge in [0, 0.05) is 26.1 Å². The van der Waals surface area contributed by atoms with Crippen LogP contribution in [0.5, 0.6) is 0 Å². The van der Waals surface area contributed by atoms with Crippen molar-refractivity contribution in [1.29, 1.82) is 5.26 Å². The van der Waals surface area contributed by atoms with Crippen molar-refractivity contribution < 1.29 is 5.11 Å². The van der Waals surface area contributed by atoms with Gasteiger partial charge in [0.25, 0.3) is 0 Å². The zero-order chi connectivity index (χ0) is 10.0. The van der Waals surface area contributed by atoms with E-state index >= 15 is 0 Å². The van der Waals surface area contributed by atoms with Crippen LogP contribution >= 0.6 is 0 Å². The minimum Gasteiger partial charge on any atom is -0.396 e. The average molecular weight is 194 g/mol. The van der Waals surface area contributed by atoms with E-state index in [9.17, 15) is 0 Å². The van der Waals surface area contributed by atoms with Crippen molar-refractivity contribution in [2.75, 3.05) is 26.2 Å². The number of aliphatic hydroxyl groups excluding tert-OH is 1. The molecule has 78 valence electrons. The summed E-state index contributed by atoms with van der Waals surface area (Å²) in [5, 5.41) is 17.7. The maximum atomic E-state index is 9.02. The van der Waals surface area contributed by atoms with Crippen molar-refractivity contribution in [1.82, 2.24) is 4.90 Å². The normalized spacial score (nSPS) is 30.1. The molecule has 1 unspecified atom stereocenters. The van der Waals surface area contributed by atoms with Crippen LogP contribution in [0, 0.1) is 22.7 Å². The Hall–Kier alpha value is -0.590. The standard InChI is InChI=1S/C11H18N2O/c12-5-4-11(2-3-11)9-13-6-1-10(7-13)8-14/h10,14H,1-4,6-9H2. The molecule has 1 saturated carbocycles. The molecule has 1 heterocycles. The molecule has 1 aliphatic carbocycles. The van der Waals surface area contributed by atoms with Gasteiger partial charge in [-0.1, -0.05) is 0 Å². The smallest absolute Gasteiger partial charge is 0.0628 e. The van der Waals surface area contributed by atoms with Crippen LogP contribution in [0.4, 0.5) is 0 Å². The third-order valence-electron chi connectivity index (χ3n) is 3.60. The molecule has 3 nitrogen and oxygen atoms in total.